The molecule has 0 saturated carbocycles. The van der Waals surface area contributed by atoms with Gasteiger partial charge in [-0.3, -0.25) is 4.99 Å². The molecule has 2 heterocycles. The first-order valence-electron chi connectivity index (χ1n) is 7.65. The molecule has 0 saturated heterocycles. The van der Waals surface area contributed by atoms with Gasteiger partial charge in [-0.15, -0.1) is 11.3 Å². The van der Waals surface area contributed by atoms with Crippen molar-refractivity contribution in [3.05, 3.63) is 39.6 Å². The normalized spacial score (nSPS) is 12.0. The van der Waals surface area contributed by atoms with Gasteiger partial charge in [0.15, 0.2) is 5.96 Å². The van der Waals surface area contributed by atoms with Crippen molar-refractivity contribution in [2.75, 3.05) is 14.1 Å². The van der Waals surface area contributed by atoms with Crippen LogP contribution in [-0.4, -0.2) is 34.5 Å². The Morgan fingerprint density at radius 2 is 2.26 bits per heavy atom. The number of thiophene rings is 1. The van der Waals surface area contributed by atoms with Crippen LogP contribution in [0.4, 0.5) is 0 Å². The Kier molecular flexibility index (Phi) is 6.47. The lowest BCUT2D eigenvalue weighted by Crippen LogP contribution is -2.38. The molecule has 0 spiro atoms. The summed E-state index contributed by atoms with van der Waals surface area (Å²) >= 11 is 7.58. The van der Waals surface area contributed by atoms with E-state index < -0.39 is 0 Å². The van der Waals surface area contributed by atoms with E-state index in [1.807, 2.05) is 31.6 Å². The Balaban J connectivity index is 1.93. The largest absolute Gasteiger partial charge is 0.349 e. The molecule has 23 heavy (non-hydrogen) atoms. The van der Waals surface area contributed by atoms with Crippen LogP contribution in [0.5, 0.6) is 0 Å². The van der Waals surface area contributed by atoms with Crippen molar-refractivity contribution in [2.45, 2.75) is 33.5 Å². The van der Waals surface area contributed by atoms with E-state index in [2.05, 4.69) is 38.6 Å². The molecule has 0 radical (unpaired) electrons. The van der Waals surface area contributed by atoms with Crippen molar-refractivity contribution >= 4 is 28.9 Å². The molecular formula is C16H24ClN5S. The molecule has 0 fully saturated rings. The topological polar surface area (TPSA) is 45.5 Å². The molecule has 0 atom stereocenters. The van der Waals surface area contributed by atoms with Crippen molar-refractivity contribution in [1.29, 1.82) is 0 Å². The molecule has 2 aromatic heterocycles. The summed E-state index contributed by atoms with van der Waals surface area (Å²) in [4.78, 5) is 12.1. The summed E-state index contributed by atoms with van der Waals surface area (Å²) in [7, 11) is 3.81. The van der Waals surface area contributed by atoms with Crippen LogP contribution in [0.3, 0.4) is 0 Å². The zero-order valence-corrected chi connectivity index (χ0v) is 15.7. The standard InChI is InChI=1S/C16H24ClN5S/c1-12(2)10-22-8-7-19-15(22)9-20-16(18-3)21(4)11-13-5-6-14(17)23-13/h5-8,12H,9-11H2,1-4H3,(H,18,20). The number of nitrogens with zero attached hydrogens (tertiary/aromatic N) is 4. The summed E-state index contributed by atoms with van der Waals surface area (Å²) < 4.78 is 3.00. The molecule has 0 aliphatic rings. The predicted octanol–water partition coefficient (Wildman–Crippen LogP) is 3.46. The fourth-order valence-corrected chi connectivity index (χ4v) is 3.50. The molecule has 0 aliphatic carbocycles. The highest BCUT2D eigenvalue weighted by Crippen LogP contribution is 2.22. The molecule has 2 rings (SSSR count). The highest BCUT2D eigenvalue weighted by atomic mass is 35.5. The summed E-state index contributed by atoms with van der Waals surface area (Å²) in [5, 5.41) is 3.38. The van der Waals surface area contributed by atoms with Crippen LogP contribution in [0.15, 0.2) is 29.5 Å². The van der Waals surface area contributed by atoms with Crippen molar-refractivity contribution in [3.63, 3.8) is 0 Å². The fourth-order valence-electron chi connectivity index (χ4n) is 2.36. The van der Waals surface area contributed by atoms with Gasteiger partial charge >= 0.3 is 0 Å². The molecule has 0 bridgehead atoms. The van der Waals surface area contributed by atoms with Gasteiger partial charge in [-0.2, -0.15) is 0 Å². The third-order valence-corrected chi connectivity index (χ3v) is 4.58. The minimum Gasteiger partial charge on any atom is -0.349 e. The Morgan fingerprint density at radius 3 is 2.87 bits per heavy atom. The lowest BCUT2D eigenvalue weighted by molar-refractivity contribution is 0.471. The van der Waals surface area contributed by atoms with Crippen LogP contribution in [0.1, 0.15) is 24.5 Å². The van der Waals surface area contributed by atoms with E-state index in [4.69, 9.17) is 11.6 Å². The first-order chi connectivity index (χ1) is 11.0. The van der Waals surface area contributed by atoms with E-state index in [9.17, 15) is 0 Å². The molecule has 0 amide bonds. The quantitative estimate of drug-likeness (QED) is 0.639. The van der Waals surface area contributed by atoms with Crippen molar-refractivity contribution < 1.29 is 0 Å². The third kappa shape index (κ3) is 5.25. The predicted molar refractivity (Wildman–Crippen MR) is 98.1 cm³/mol. The molecular weight excluding hydrogens is 330 g/mol. The van der Waals surface area contributed by atoms with Crippen LogP contribution in [-0.2, 0) is 19.6 Å². The zero-order chi connectivity index (χ0) is 16.8. The van der Waals surface area contributed by atoms with Gasteiger partial charge in [0.2, 0.25) is 0 Å². The number of guanidine groups is 1. The Hall–Kier alpha value is -1.53. The van der Waals surface area contributed by atoms with E-state index in [0.717, 1.165) is 29.2 Å². The SMILES string of the molecule is CN=C(NCc1nccn1CC(C)C)N(C)Cc1ccc(Cl)s1. The molecule has 1 N–H and O–H groups in total. The monoisotopic (exact) mass is 353 g/mol. The number of imidazole rings is 1. The van der Waals surface area contributed by atoms with Gasteiger partial charge < -0.3 is 14.8 Å². The van der Waals surface area contributed by atoms with E-state index in [1.54, 1.807) is 18.4 Å². The molecule has 5 nitrogen and oxygen atoms in total. The molecule has 0 unspecified atom stereocenters. The maximum Gasteiger partial charge on any atom is 0.194 e. The van der Waals surface area contributed by atoms with Crippen molar-refractivity contribution in [2.24, 2.45) is 10.9 Å². The van der Waals surface area contributed by atoms with Crippen LogP contribution in [0.2, 0.25) is 4.34 Å². The third-order valence-electron chi connectivity index (χ3n) is 3.36. The molecule has 7 heteroatoms. The molecule has 0 aromatic carbocycles. The van der Waals surface area contributed by atoms with Gasteiger partial charge in [0.1, 0.15) is 5.82 Å². The van der Waals surface area contributed by atoms with Gasteiger partial charge in [-0.1, -0.05) is 25.4 Å². The highest BCUT2D eigenvalue weighted by Gasteiger charge is 2.10. The second-order valence-corrected chi connectivity index (χ2v) is 7.65. The van der Waals surface area contributed by atoms with E-state index >= 15 is 0 Å². The highest BCUT2D eigenvalue weighted by molar-refractivity contribution is 7.16. The summed E-state index contributed by atoms with van der Waals surface area (Å²) in [6.45, 7) is 6.81. The first kappa shape index (κ1) is 17.8. The fraction of sp³-hybridized carbons (Fsp3) is 0.500. The lowest BCUT2D eigenvalue weighted by atomic mass is 10.2. The number of aromatic nitrogens is 2. The van der Waals surface area contributed by atoms with Gasteiger partial charge in [0.25, 0.3) is 0 Å². The number of aliphatic imine (C=N–C) groups is 1. The maximum atomic E-state index is 5.99. The Morgan fingerprint density at radius 1 is 1.48 bits per heavy atom. The summed E-state index contributed by atoms with van der Waals surface area (Å²) in [6, 6.07) is 3.97. The van der Waals surface area contributed by atoms with Crippen LogP contribution < -0.4 is 5.32 Å². The number of rotatable bonds is 6. The number of halogens is 1. The second-order valence-electron chi connectivity index (χ2n) is 5.85. The number of hydrogen-bond acceptors (Lipinski definition) is 3. The lowest BCUT2D eigenvalue weighted by Gasteiger charge is -2.21. The van der Waals surface area contributed by atoms with Crippen LogP contribution in [0.25, 0.3) is 0 Å². The average molecular weight is 354 g/mol. The first-order valence-corrected chi connectivity index (χ1v) is 8.85. The van der Waals surface area contributed by atoms with Gasteiger partial charge in [0.05, 0.1) is 17.4 Å². The number of nitrogens with one attached hydrogen (secondary N) is 1. The minimum atomic E-state index is 0.591. The molecule has 0 aliphatic heterocycles. The van der Waals surface area contributed by atoms with E-state index in [1.165, 1.54) is 4.88 Å². The number of hydrogen-bond donors (Lipinski definition) is 1. The van der Waals surface area contributed by atoms with Gasteiger partial charge in [0, 0.05) is 37.9 Å². The molecule has 2 aromatic rings. The Bertz CT molecular complexity index is 646. The van der Waals surface area contributed by atoms with Crippen molar-refractivity contribution in [3.8, 4) is 0 Å². The van der Waals surface area contributed by atoms with Crippen molar-refractivity contribution in [1.82, 2.24) is 19.8 Å². The van der Waals surface area contributed by atoms with Crippen LogP contribution >= 0.6 is 22.9 Å². The minimum absolute atomic E-state index is 0.591. The van der Waals surface area contributed by atoms with Gasteiger partial charge in [-0.05, 0) is 18.1 Å². The second kappa shape index (κ2) is 8.36. The molecule has 126 valence electrons. The summed E-state index contributed by atoms with van der Waals surface area (Å²) in [6.07, 6.45) is 3.87. The average Bonchev–Trinajstić information content (AvgIpc) is 3.08. The van der Waals surface area contributed by atoms with E-state index in [-0.39, 0.29) is 0 Å². The maximum absolute atomic E-state index is 5.99. The smallest absolute Gasteiger partial charge is 0.194 e. The van der Waals surface area contributed by atoms with Crippen LogP contribution in [0, 0.1) is 5.92 Å². The summed E-state index contributed by atoms with van der Waals surface area (Å²) in [5.74, 6) is 2.45. The van der Waals surface area contributed by atoms with E-state index in [0.29, 0.717) is 12.5 Å². The van der Waals surface area contributed by atoms with Gasteiger partial charge in [-0.25, -0.2) is 4.98 Å². The Labute approximate surface area is 147 Å². The summed E-state index contributed by atoms with van der Waals surface area (Å²) in [5.41, 5.74) is 0. The zero-order valence-electron chi connectivity index (χ0n) is 14.1.